The number of rotatable bonds is 8. The zero-order valence-corrected chi connectivity index (χ0v) is 77.0. The third-order valence-corrected chi connectivity index (χ3v) is 27.1. The van der Waals surface area contributed by atoms with E-state index in [0.29, 0.717) is 37.8 Å². The van der Waals surface area contributed by atoms with Crippen LogP contribution in [0.4, 0.5) is 49.9 Å². The standard InChI is InChI=1S/C28H28ClNO2.C27H25ClFNO2.C27H28ClNO.C26H24ClNO2/c1-17-7-6-8-22(13-17)30-24-10-9-21(29)16-23(24)28(5,26(30)31)20-14-18(2)25-19(15-20)11-12-27(3,4)32-25;1-16-6-5-7-20(12-16)30-23-9-8-19(28)15-21(23)27(4,25(30)31)18-13-17-10-11-26(2,3)32-24(17)22(29)14-18;1-17-8-7-9-21(14-17)29-24-13-11-20(28)16-23(24)27(6,25(29)30)19-10-12-22(18(2)15-19)26(3,4)5;1-16-6-5-7-20(12-16)28-22-10-9-19(27)14-21(22)26(4,24(28)29)18-8-11-23-17(13-18)15-25(2,3)30-23/h6-10,13-16H,11-12H2,1-5H3;5-9,12-15H,10-11H2,1-4H3;7-16H,1-6H3;5-14H,15H2,1-4H3. The van der Waals surface area contributed by atoms with Crippen LogP contribution in [0.3, 0.4) is 0 Å². The zero-order valence-electron chi connectivity index (χ0n) is 74.0. The van der Waals surface area contributed by atoms with Crippen molar-refractivity contribution in [2.24, 2.45) is 0 Å². The molecule has 0 N–H and O–H groups in total. The van der Waals surface area contributed by atoms with Gasteiger partial charge in [-0.15, -0.1) is 0 Å². The van der Waals surface area contributed by atoms with Crippen LogP contribution in [0.25, 0.3) is 0 Å². The SMILES string of the molecule is Cc1cccc(N2C(=O)C(C)(c3cc(C)c4c(c3)CCC(C)(C)O4)c3cc(Cl)ccc32)c1.Cc1cccc(N2C(=O)C(C)(c3cc(F)c4c(c3)CCC(C)(C)O4)c3cc(Cl)ccc32)c1.Cc1cccc(N2C(=O)C(C)(c3ccc(C(C)(C)C)c(C)c3)c3cc(Cl)ccc32)c1.Cc1cccc(N2C(=O)C(C)(c3ccc4c(c3)CC(C)(C)O4)c3cc(Cl)ccc32)c1. The number of carbonyl (C=O) groups excluding carboxylic acids is 4. The molecule has 12 aromatic rings. The summed E-state index contributed by atoms with van der Waals surface area (Å²) in [6.45, 7) is 39.2. The quantitative estimate of drug-likeness (QED) is 0.149. The summed E-state index contributed by atoms with van der Waals surface area (Å²) in [4.78, 5) is 63.4. The second-order valence-corrected chi connectivity index (χ2v) is 39.9. The van der Waals surface area contributed by atoms with Crippen LogP contribution in [0.2, 0.25) is 20.1 Å². The summed E-state index contributed by atoms with van der Waals surface area (Å²) in [6, 6.07) is 75.0. The summed E-state index contributed by atoms with van der Waals surface area (Å²) in [6.07, 6.45) is 4.19. The van der Waals surface area contributed by atoms with Crippen LogP contribution in [0.5, 0.6) is 17.2 Å². The highest BCUT2D eigenvalue weighted by molar-refractivity contribution is 6.33. The van der Waals surface area contributed by atoms with Gasteiger partial charge in [0.15, 0.2) is 11.6 Å². The summed E-state index contributed by atoms with van der Waals surface area (Å²) in [5.41, 5.74) is 20.8. The molecule has 0 saturated heterocycles. The third kappa shape index (κ3) is 15.2. The maximum Gasteiger partial charge on any atom is 0.246 e. The third-order valence-electron chi connectivity index (χ3n) is 26.1. The molecular weight excluding hydrogens is 1630 g/mol. The van der Waals surface area contributed by atoms with Gasteiger partial charge in [-0.3, -0.25) is 38.8 Å². The Balaban J connectivity index is 0.000000122. The Morgan fingerprint density at radius 3 is 1.02 bits per heavy atom. The molecule has 7 aliphatic heterocycles. The molecule has 12 aromatic carbocycles. The minimum Gasteiger partial charge on any atom is -0.487 e. The molecule has 0 saturated carbocycles. The van der Waals surface area contributed by atoms with Gasteiger partial charge in [0.05, 0.1) is 44.4 Å². The van der Waals surface area contributed by atoms with Crippen molar-refractivity contribution in [1.82, 2.24) is 0 Å². The van der Waals surface area contributed by atoms with Gasteiger partial charge in [-0.2, -0.15) is 0 Å². The highest BCUT2D eigenvalue weighted by Gasteiger charge is 2.55. The van der Waals surface area contributed by atoms with E-state index in [0.717, 1.165) is 161 Å². The summed E-state index contributed by atoms with van der Waals surface area (Å²) in [5.74, 6) is 1.71. The van der Waals surface area contributed by atoms with Gasteiger partial charge >= 0.3 is 0 Å². The fourth-order valence-corrected chi connectivity index (χ4v) is 20.1. The molecule has 0 bridgehead atoms. The second kappa shape index (κ2) is 31.6. The molecule has 124 heavy (non-hydrogen) atoms. The molecular formula is C108H105Cl4FN4O7. The minimum atomic E-state index is -1.08. The fourth-order valence-electron chi connectivity index (χ4n) is 19.4. The molecule has 0 aromatic heterocycles. The van der Waals surface area contributed by atoms with E-state index in [2.05, 4.69) is 111 Å². The summed E-state index contributed by atoms with van der Waals surface area (Å²) < 4.78 is 33.6. The van der Waals surface area contributed by atoms with Gasteiger partial charge in [0, 0.05) is 49.3 Å². The van der Waals surface area contributed by atoms with Crippen molar-refractivity contribution < 1.29 is 37.8 Å². The van der Waals surface area contributed by atoms with Gasteiger partial charge in [-0.1, -0.05) is 164 Å². The van der Waals surface area contributed by atoms with Crippen molar-refractivity contribution in [3.8, 4) is 17.2 Å². The van der Waals surface area contributed by atoms with Crippen molar-refractivity contribution in [3.63, 3.8) is 0 Å². The number of benzene rings is 12. The highest BCUT2D eigenvalue weighted by Crippen LogP contribution is 2.57. The lowest BCUT2D eigenvalue weighted by Crippen LogP contribution is -2.38. The Morgan fingerprint density at radius 1 is 0.331 bits per heavy atom. The van der Waals surface area contributed by atoms with Gasteiger partial charge in [-0.05, 0) is 375 Å². The first-order valence-corrected chi connectivity index (χ1v) is 44.1. The molecule has 7 aliphatic rings. The maximum atomic E-state index is 15.3. The Labute approximate surface area is 749 Å². The predicted octanol–water partition coefficient (Wildman–Crippen LogP) is 27.5. The van der Waals surface area contributed by atoms with Gasteiger partial charge in [-0.25, -0.2) is 4.39 Å². The molecule has 4 unspecified atom stereocenters. The largest absolute Gasteiger partial charge is 0.487 e. The number of aryl methyl sites for hydroxylation is 8. The number of hydrogen-bond acceptors (Lipinski definition) is 7. The van der Waals surface area contributed by atoms with Gasteiger partial charge in [0.2, 0.25) is 23.6 Å². The van der Waals surface area contributed by atoms with E-state index in [1.54, 1.807) is 11.0 Å². The number of ether oxygens (including phenoxy) is 3. The van der Waals surface area contributed by atoms with Crippen molar-refractivity contribution >= 4 is 116 Å². The number of nitrogens with zero attached hydrogens (tertiary/aromatic N) is 4. The molecule has 0 fully saturated rings. The number of amides is 4. The van der Waals surface area contributed by atoms with Crippen LogP contribution < -0.4 is 33.8 Å². The van der Waals surface area contributed by atoms with Crippen LogP contribution in [-0.2, 0) is 65.5 Å². The second-order valence-electron chi connectivity index (χ2n) is 38.2. The Kier molecular flexibility index (Phi) is 22.0. The molecule has 4 atom stereocenters. The number of carbonyl (C=O) groups is 4. The van der Waals surface area contributed by atoms with Crippen molar-refractivity contribution in [2.75, 3.05) is 19.6 Å². The average molecular weight is 1730 g/mol. The van der Waals surface area contributed by atoms with Crippen LogP contribution >= 0.6 is 46.4 Å². The predicted molar refractivity (Wildman–Crippen MR) is 503 cm³/mol. The number of hydrogen-bond donors (Lipinski definition) is 0. The summed E-state index contributed by atoms with van der Waals surface area (Å²) in [5, 5.41) is 2.44. The van der Waals surface area contributed by atoms with Crippen LogP contribution in [0.15, 0.2) is 231 Å². The van der Waals surface area contributed by atoms with E-state index >= 15 is 4.39 Å². The lowest BCUT2D eigenvalue weighted by molar-refractivity contribution is -0.121. The molecule has 0 radical (unpaired) electrons. The molecule has 4 amide bonds. The molecule has 11 nitrogen and oxygen atoms in total. The van der Waals surface area contributed by atoms with E-state index in [4.69, 9.17) is 60.6 Å². The normalized spacial score (nSPS) is 20.6. The summed E-state index contributed by atoms with van der Waals surface area (Å²) >= 11 is 25.6. The van der Waals surface area contributed by atoms with Gasteiger partial charge in [0.1, 0.15) is 28.3 Å². The molecule has 19 rings (SSSR count). The van der Waals surface area contributed by atoms with Gasteiger partial charge in [0.25, 0.3) is 0 Å². The molecule has 0 spiro atoms. The first kappa shape index (κ1) is 86.5. The Morgan fingerprint density at radius 2 is 0.653 bits per heavy atom. The van der Waals surface area contributed by atoms with Crippen LogP contribution in [0.1, 0.15) is 203 Å². The molecule has 0 aliphatic carbocycles. The zero-order chi connectivity index (χ0) is 88.8. The Hall–Kier alpha value is -11.0. The number of halogens is 5. The highest BCUT2D eigenvalue weighted by atomic mass is 35.5. The molecule has 634 valence electrons. The first-order chi connectivity index (χ1) is 58.4. The number of fused-ring (bicyclic) bond motifs is 7. The maximum absolute atomic E-state index is 15.3. The van der Waals surface area contributed by atoms with Crippen molar-refractivity contribution in [3.05, 3.63) is 357 Å². The van der Waals surface area contributed by atoms with Crippen LogP contribution in [-0.4, -0.2) is 40.4 Å². The van der Waals surface area contributed by atoms with Crippen molar-refractivity contribution in [2.45, 2.75) is 208 Å². The Bertz CT molecular complexity index is 6230. The smallest absolute Gasteiger partial charge is 0.246 e. The topological polar surface area (TPSA) is 109 Å². The van der Waals surface area contributed by atoms with Gasteiger partial charge < -0.3 is 14.2 Å². The van der Waals surface area contributed by atoms with E-state index in [-0.39, 0.29) is 40.2 Å². The van der Waals surface area contributed by atoms with E-state index in [1.807, 2.05) is 254 Å². The monoisotopic (exact) mass is 1730 g/mol. The van der Waals surface area contributed by atoms with E-state index in [1.165, 1.54) is 22.8 Å². The number of anilines is 8. The fraction of sp³-hybridized carbons (Fsp3) is 0.296. The molecule has 16 heteroatoms. The van der Waals surface area contributed by atoms with E-state index in [9.17, 15) is 19.2 Å². The summed E-state index contributed by atoms with van der Waals surface area (Å²) in [7, 11) is 0. The first-order valence-electron chi connectivity index (χ1n) is 42.6. The van der Waals surface area contributed by atoms with E-state index < -0.39 is 33.1 Å². The van der Waals surface area contributed by atoms with Crippen molar-refractivity contribution in [1.29, 1.82) is 0 Å². The minimum absolute atomic E-state index is 0.0310. The van der Waals surface area contributed by atoms with Crippen LogP contribution in [0, 0.1) is 47.4 Å². The lowest BCUT2D eigenvalue weighted by atomic mass is 9.74. The molecule has 7 heterocycles. The average Bonchev–Trinajstić information content (AvgIpc) is 1.57. The lowest BCUT2D eigenvalue weighted by Gasteiger charge is -2.35.